The van der Waals surface area contributed by atoms with E-state index in [9.17, 15) is 14.4 Å². The van der Waals surface area contributed by atoms with Gasteiger partial charge < -0.3 is 19.5 Å². The third-order valence-electron chi connectivity index (χ3n) is 4.13. The maximum atomic E-state index is 12.4. The Morgan fingerprint density at radius 1 is 1.08 bits per heavy atom. The fourth-order valence-corrected chi connectivity index (χ4v) is 2.97. The molecule has 0 saturated heterocycles. The molecular formula is C17H25NO6. The van der Waals surface area contributed by atoms with Crippen LogP contribution < -0.4 is 5.32 Å². The van der Waals surface area contributed by atoms with E-state index >= 15 is 0 Å². The second-order valence-corrected chi connectivity index (χ2v) is 6.20. The Hall–Kier alpha value is -1.89. The lowest BCUT2D eigenvalue weighted by Crippen LogP contribution is -2.48. The number of carbonyl (C=O) groups is 3. The minimum absolute atomic E-state index is 0.0785. The minimum Gasteiger partial charge on any atom is -0.463 e. The number of carbonyl (C=O) groups excluding carboxylic acids is 3. The van der Waals surface area contributed by atoms with Crippen molar-refractivity contribution in [2.75, 3.05) is 6.61 Å². The van der Waals surface area contributed by atoms with Crippen molar-refractivity contribution in [1.29, 1.82) is 0 Å². The maximum Gasteiger partial charge on any atom is 0.303 e. The summed E-state index contributed by atoms with van der Waals surface area (Å²) < 4.78 is 15.8. The molecule has 3 atom stereocenters. The molecule has 1 amide bonds. The second-order valence-electron chi connectivity index (χ2n) is 6.20. The van der Waals surface area contributed by atoms with Crippen molar-refractivity contribution in [3.05, 3.63) is 12.2 Å². The highest BCUT2D eigenvalue weighted by atomic mass is 16.6. The first-order chi connectivity index (χ1) is 11.5. The lowest BCUT2D eigenvalue weighted by atomic mass is 9.95. The fraction of sp³-hybridized carbons (Fsp3) is 0.706. The van der Waals surface area contributed by atoms with Crippen LogP contribution in [0.1, 0.15) is 46.0 Å². The van der Waals surface area contributed by atoms with Gasteiger partial charge in [0.05, 0.1) is 0 Å². The SMILES string of the molecule is CC(=O)OC[C@H]1OC(C(=O)NC2CCCCC2)C=C[C@@H]1OC(C)=O. The summed E-state index contributed by atoms with van der Waals surface area (Å²) in [4.78, 5) is 34.6. The molecule has 1 aliphatic heterocycles. The molecule has 1 unspecified atom stereocenters. The van der Waals surface area contributed by atoms with Crippen molar-refractivity contribution < 1.29 is 28.6 Å². The fourth-order valence-electron chi connectivity index (χ4n) is 2.97. The Morgan fingerprint density at radius 2 is 1.79 bits per heavy atom. The Kier molecular flexibility index (Phi) is 6.78. The van der Waals surface area contributed by atoms with Crippen LogP contribution in [0.5, 0.6) is 0 Å². The average Bonchev–Trinajstić information content (AvgIpc) is 2.54. The highest BCUT2D eigenvalue weighted by Crippen LogP contribution is 2.20. The number of hydrogen-bond acceptors (Lipinski definition) is 6. The van der Waals surface area contributed by atoms with Gasteiger partial charge in [-0.3, -0.25) is 14.4 Å². The second kappa shape index (κ2) is 8.82. The molecule has 1 fully saturated rings. The molecule has 2 aliphatic rings. The van der Waals surface area contributed by atoms with E-state index in [1.54, 1.807) is 12.2 Å². The van der Waals surface area contributed by atoms with Crippen molar-refractivity contribution >= 4 is 17.8 Å². The van der Waals surface area contributed by atoms with Crippen molar-refractivity contribution in [2.45, 2.75) is 70.3 Å². The van der Waals surface area contributed by atoms with Gasteiger partial charge in [0.15, 0.2) is 6.10 Å². The summed E-state index contributed by atoms with van der Waals surface area (Å²) in [6.45, 7) is 2.50. The molecule has 24 heavy (non-hydrogen) atoms. The summed E-state index contributed by atoms with van der Waals surface area (Å²) in [7, 11) is 0. The van der Waals surface area contributed by atoms with E-state index in [4.69, 9.17) is 14.2 Å². The first-order valence-corrected chi connectivity index (χ1v) is 8.40. The summed E-state index contributed by atoms with van der Waals surface area (Å²) in [5.74, 6) is -1.14. The molecule has 0 bridgehead atoms. The summed E-state index contributed by atoms with van der Waals surface area (Å²) in [6, 6.07) is 0.182. The van der Waals surface area contributed by atoms with E-state index in [0.29, 0.717) is 0 Å². The van der Waals surface area contributed by atoms with Gasteiger partial charge in [-0.15, -0.1) is 0 Å². The van der Waals surface area contributed by atoms with E-state index in [2.05, 4.69) is 5.32 Å². The smallest absolute Gasteiger partial charge is 0.303 e. The number of ether oxygens (including phenoxy) is 3. The normalized spacial score (nSPS) is 27.3. The first-order valence-electron chi connectivity index (χ1n) is 8.40. The van der Waals surface area contributed by atoms with Gasteiger partial charge in [-0.2, -0.15) is 0 Å². The monoisotopic (exact) mass is 339 g/mol. The lowest BCUT2D eigenvalue weighted by molar-refractivity contribution is -0.166. The molecule has 1 aliphatic carbocycles. The van der Waals surface area contributed by atoms with E-state index in [-0.39, 0.29) is 18.6 Å². The molecule has 0 aromatic heterocycles. The lowest BCUT2D eigenvalue weighted by Gasteiger charge is -2.32. The van der Waals surface area contributed by atoms with Gasteiger partial charge in [-0.05, 0) is 25.0 Å². The zero-order valence-corrected chi connectivity index (χ0v) is 14.2. The average molecular weight is 339 g/mol. The molecule has 1 N–H and O–H groups in total. The summed E-state index contributed by atoms with van der Waals surface area (Å²) in [5.41, 5.74) is 0. The molecule has 1 heterocycles. The van der Waals surface area contributed by atoms with Crippen molar-refractivity contribution in [1.82, 2.24) is 5.32 Å². The van der Waals surface area contributed by atoms with Crippen molar-refractivity contribution in [3.63, 3.8) is 0 Å². The number of amides is 1. The van der Waals surface area contributed by atoms with Gasteiger partial charge in [-0.25, -0.2) is 0 Å². The quantitative estimate of drug-likeness (QED) is 0.599. The molecular weight excluding hydrogens is 314 g/mol. The number of esters is 2. The van der Waals surface area contributed by atoms with Crippen LogP contribution in [0.3, 0.4) is 0 Å². The highest BCUT2D eigenvalue weighted by molar-refractivity contribution is 5.83. The van der Waals surface area contributed by atoms with E-state index in [1.807, 2.05) is 0 Å². The van der Waals surface area contributed by atoms with Gasteiger partial charge in [-0.1, -0.05) is 19.3 Å². The molecule has 7 heteroatoms. The Labute approximate surface area is 141 Å². The van der Waals surface area contributed by atoms with Gasteiger partial charge in [0, 0.05) is 19.9 Å². The molecule has 7 nitrogen and oxygen atoms in total. The van der Waals surface area contributed by atoms with Crippen LogP contribution >= 0.6 is 0 Å². The van der Waals surface area contributed by atoms with Gasteiger partial charge in [0.1, 0.15) is 18.8 Å². The Balaban J connectivity index is 1.96. The maximum absolute atomic E-state index is 12.4. The van der Waals surface area contributed by atoms with Crippen LogP contribution in [0.4, 0.5) is 0 Å². The van der Waals surface area contributed by atoms with Crippen LogP contribution in [0.25, 0.3) is 0 Å². The summed E-state index contributed by atoms with van der Waals surface area (Å²) in [6.07, 6.45) is 6.45. The standard InChI is InChI=1S/C17H25NO6/c1-11(19)22-10-16-14(23-12(2)20)8-9-15(24-16)17(21)18-13-6-4-3-5-7-13/h8-9,13-16H,3-7,10H2,1-2H3,(H,18,21)/t14-,15?,16+/m0/s1. The predicted molar refractivity (Wildman–Crippen MR) is 85.0 cm³/mol. The molecule has 134 valence electrons. The molecule has 0 aromatic rings. The van der Waals surface area contributed by atoms with Crippen LogP contribution in [0.2, 0.25) is 0 Å². The van der Waals surface area contributed by atoms with Gasteiger partial charge in [0.25, 0.3) is 5.91 Å². The summed E-state index contributed by atoms with van der Waals surface area (Å²) >= 11 is 0. The Bertz CT molecular complexity index is 497. The molecule has 1 saturated carbocycles. The van der Waals surface area contributed by atoms with E-state index in [1.165, 1.54) is 20.3 Å². The first kappa shape index (κ1) is 18.4. The third kappa shape index (κ3) is 5.63. The summed E-state index contributed by atoms with van der Waals surface area (Å²) in [5, 5.41) is 3.00. The van der Waals surface area contributed by atoms with Crippen molar-refractivity contribution in [2.24, 2.45) is 0 Å². The highest BCUT2D eigenvalue weighted by Gasteiger charge is 2.34. The molecule has 0 radical (unpaired) electrons. The van der Waals surface area contributed by atoms with Crippen LogP contribution in [0.15, 0.2) is 12.2 Å². The van der Waals surface area contributed by atoms with Crippen molar-refractivity contribution in [3.8, 4) is 0 Å². The van der Waals surface area contributed by atoms with E-state index < -0.39 is 30.3 Å². The number of nitrogens with one attached hydrogen (secondary N) is 1. The predicted octanol–water partition coefficient (Wildman–Crippen LogP) is 1.25. The topological polar surface area (TPSA) is 90.9 Å². The number of rotatable bonds is 5. The third-order valence-corrected chi connectivity index (χ3v) is 4.13. The molecule has 2 rings (SSSR count). The zero-order chi connectivity index (χ0) is 17.5. The van der Waals surface area contributed by atoms with E-state index in [0.717, 1.165) is 25.7 Å². The molecule has 0 aromatic carbocycles. The molecule has 0 spiro atoms. The van der Waals surface area contributed by atoms with Crippen LogP contribution in [-0.4, -0.2) is 48.8 Å². The van der Waals surface area contributed by atoms with Gasteiger partial charge in [0.2, 0.25) is 0 Å². The minimum atomic E-state index is -0.778. The van der Waals surface area contributed by atoms with Gasteiger partial charge >= 0.3 is 11.9 Å². The largest absolute Gasteiger partial charge is 0.463 e. The number of hydrogen-bond donors (Lipinski definition) is 1. The Morgan fingerprint density at radius 3 is 2.42 bits per heavy atom. The zero-order valence-electron chi connectivity index (χ0n) is 14.2. The van der Waals surface area contributed by atoms with Crippen LogP contribution in [-0.2, 0) is 28.6 Å². The van der Waals surface area contributed by atoms with Crippen LogP contribution in [0, 0.1) is 0 Å².